The van der Waals surface area contributed by atoms with Gasteiger partial charge in [0.1, 0.15) is 110 Å². The van der Waals surface area contributed by atoms with Crippen molar-refractivity contribution >= 4 is 35.8 Å². The summed E-state index contributed by atoms with van der Waals surface area (Å²) < 4.78 is 66.5. The summed E-state index contributed by atoms with van der Waals surface area (Å²) in [7, 11) is 1.69. The minimum atomic E-state index is -2.62. The Balaban J connectivity index is 1.14. The molecule has 37 heteroatoms. The van der Waals surface area contributed by atoms with Crippen LogP contribution >= 0.6 is 0 Å². The molecule has 0 aromatic heterocycles. The molecule has 0 saturated carbocycles. The Labute approximate surface area is 416 Å². The van der Waals surface area contributed by atoms with Gasteiger partial charge in [0.25, 0.3) is 0 Å². The number of methoxy groups -OCH3 is 2. The van der Waals surface area contributed by atoms with Gasteiger partial charge < -0.3 is 153 Å². The molecule has 1 unspecified atom stereocenters. The third-order valence-corrected chi connectivity index (χ3v) is 12.6. The van der Waals surface area contributed by atoms with E-state index in [1.165, 1.54) is 0 Å². The first kappa shape index (κ1) is 60.1. The number of carboxylic acid groups (broad SMARTS) is 4. The zero-order valence-electron chi connectivity index (χ0n) is 38.1. The lowest BCUT2D eigenvalue weighted by Crippen LogP contribution is -2.69. The number of carbonyl (C=O) groups excluding carboxylic acids is 2. The minimum absolute atomic E-state index is 0.842. The predicted molar refractivity (Wildman–Crippen MR) is 211 cm³/mol. The first-order valence-corrected chi connectivity index (χ1v) is 21.9. The highest BCUT2D eigenvalue weighted by Gasteiger charge is 2.61. The molecule has 0 spiro atoms. The van der Waals surface area contributed by atoms with Crippen LogP contribution in [0.5, 0.6) is 0 Å². The van der Waals surface area contributed by atoms with Crippen LogP contribution in [-0.2, 0) is 90.3 Å². The van der Waals surface area contributed by atoms with Crippen molar-refractivity contribution < 1.29 is 182 Å². The number of rotatable bonds is 16. The van der Waals surface area contributed by atoms with Crippen LogP contribution in [0.25, 0.3) is 0 Å². The molecule has 0 amide bonds. The standard InChI is InChI=1S/C38H54O37/c1-63-32(61)21-4(40)3(39)11(47)34(71-21)66-16-6(42)12(48)35(72-22(16)27(52)53)67-17-7(43)13(49)36(73-23(17)28(54)55)68-18-8(44)14(50)37(74-24(18)29(56)57)69-19-9(45)15(51)38(75-25(19)30(58)59)70-20-5(41)10(46)31(60)65-26(20)33(62)64-2/h3-26,31,34-51,60H,1-2H3,(H,52,53)(H,54,55)(H,56,57)(H,58,59)/t3-,4+,5+,6+,7+,8+,9+,10+,11+,12+,13+,14+,15+,16+,17+,18+,19+,20+,21-,22-,23-,24-,25-,26-,31?,34-,35-,36-,37-,38-/m0/s1. The number of aliphatic carboxylic acids is 4. The molecule has 428 valence electrons. The van der Waals surface area contributed by atoms with Gasteiger partial charge in [0.15, 0.2) is 74.4 Å². The van der Waals surface area contributed by atoms with Crippen molar-refractivity contribution in [3.05, 3.63) is 0 Å². The fourth-order valence-electron chi connectivity index (χ4n) is 8.55. The van der Waals surface area contributed by atoms with E-state index in [2.05, 4.69) is 9.47 Å². The van der Waals surface area contributed by atoms with Crippen molar-refractivity contribution in [3.8, 4) is 0 Å². The molecule has 75 heavy (non-hydrogen) atoms. The SMILES string of the molecule is COC(=O)[C@H]1O[C@H](O[C@@H]2[C@H](O)[C@@H](O)[C@@H](O[C@@H]3[C@H](O)[C@@H](O)[C@@H](O[C@@H]4[C@H](O)[C@@H](O)[C@@H](O[C@@H]5[C@H](O)[C@@H](O)[C@@H](O[C@@H]6[C@H](O)[C@@H](O)C(O)O[C@@H]6C(=O)OC)O[C@@H]5C(=O)O)O[C@@H]4C(=O)O)O[C@@H]3C(=O)O)O[C@@H]2C(=O)O)[C@H](O)[C@@H](O)[C@H]1O. The van der Waals surface area contributed by atoms with Gasteiger partial charge in [-0.2, -0.15) is 0 Å². The average molecular weight is 1100 g/mol. The Morgan fingerprint density at radius 3 is 0.773 bits per heavy atom. The van der Waals surface area contributed by atoms with Crippen LogP contribution in [0.2, 0.25) is 0 Å². The van der Waals surface area contributed by atoms with E-state index in [1.54, 1.807) is 0 Å². The molecule has 6 fully saturated rings. The maximum absolute atomic E-state index is 12.5. The van der Waals surface area contributed by atoms with E-state index in [9.17, 15) is 121 Å². The molecule has 6 aliphatic rings. The van der Waals surface area contributed by atoms with Gasteiger partial charge in [-0.3, -0.25) is 0 Å². The molecule has 6 heterocycles. The van der Waals surface area contributed by atoms with Gasteiger partial charge in [0.05, 0.1) is 14.2 Å². The summed E-state index contributed by atoms with van der Waals surface area (Å²) in [6.07, 6.45) is -72.0. The summed E-state index contributed by atoms with van der Waals surface area (Å²) in [5.41, 5.74) is 0. The Morgan fingerprint density at radius 1 is 0.280 bits per heavy atom. The molecule has 0 aromatic carbocycles. The second-order valence-corrected chi connectivity index (χ2v) is 17.4. The molecule has 18 N–H and O–H groups in total. The van der Waals surface area contributed by atoms with Crippen molar-refractivity contribution in [3.63, 3.8) is 0 Å². The molecule has 30 atom stereocenters. The maximum Gasteiger partial charge on any atom is 0.337 e. The molecule has 0 aliphatic carbocycles. The van der Waals surface area contributed by atoms with Crippen LogP contribution in [0.3, 0.4) is 0 Å². The van der Waals surface area contributed by atoms with Crippen LogP contribution in [0.15, 0.2) is 0 Å². The Bertz CT molecular complexity index is 2030. The van der Waals surface area contributed by atoms with Crippen molar-refractivity contribution in [1.82, 2.24) is 0 Å². The molecule has 6 saturated heterocycles. The number of aliphatic hydroxyl groups is 14. The lowest BCUT2D eigenvalue weighted by molar-refractivity contribution is -0.386. The summed E-state index contributed by atoms with van der Waals surface area (Å²) in [6.45, 7) is 0. The molecule has 0 bridgehead atoms. The van der Waals surface area contributed by atoms with E-state index in [0.717, 1.165) is 14.2 Å². The molecule has 6 aliphatic heterocycles. The summed E-state index contributed by atoms with van der Waals surface area (Å²) in [6, 6.07) is 0. The predicted octanol–water partition coefficient (Wildman–Crippen LogP) is -13.4. The van der Waals surface area contributed by atoms with E-state index in [1.807, 2.05) is 0 Å². The highest BCUT2D eigenvalue weighted by molar-refractivity contribution is 5.77. The Kier molecular flexibility index (Phi) is 19.4. The zero-order chi connectivity index (χ0) is 56.0. The number of carbonyl (C=O) groups is 6. The largest absolute Gasteiger partial charge is 0.479 e. The number of hydrogen-bond donors (Lipinski definition) is 18. The summed E-state index contributed by atoms with van der Waals surface area (Å²) in [4.78, 5) is 74.3. The zero-order valence-corrected chi connectivity index (χ0v) is 38.1. The van der Waals surface area contributed by atoms with Crippen LogP contribution < -0.4 is 0 Å². The van der Waals surface area contributed by atoms with Crippen LogP contribution in [-0.4, -0.2) is 326 Å². The molecular weight excluding hydrogens is 1050 g/mol. The van der Waals surface area contributed by atoms with Gasteiger partial charge in [-0.15, -0.1) is 0 Å². The van der Waals surface area contributed by atoms with Crippen molar-refractivity contribution in [2.24, 2.45) is 0 Å². The number of aliphatic hydroxyl groups excluding tert-OH is 14. The van der Waals surface area contributed by atoms with Crippen molar-refractivity contribution in [2.75, 3.05) is 14.2 Å². The topological polar surface area (TPSA) is 587 Å². The second kappa shape index (κ2) is 24.2. The fourth-order valence-corrected chi connectivity index (χ4v) is 8.55. The molecule has 0 radical (unpaired) electrons. The van der Waals surface area contributed by atoms with E-state index in [4.69, 9.17) is 52.1 Å². The summed E-state index contributed by atoms with van der Waals surface area (Å²) in [5.74, 6) is -10.9. The first-order chi connectivity index (χ1) is 35.1. The first-order valence-electron chi connectivity index (χ1n) is 21.9. The van der Waals surface area contributed by atoms with Gasteiger partial charge in [-0.05, 0) is 0 Å². The minimum Gasteiger partial charge on any atom is -0.479 e. The van der Waals surface area contributed by atoms with Crippen LogP contribution in [0, 0.1) is 0 Å². The molecule has 6 rings (SSSR count). The van der Waals surface area contributed by atoms with Crippen molar-refractivity contribution in [2.45, 2.75) is 184 Å². The van der Waals surface area contributed by atoms with Gasteiger partial charge in [0, 0.05) is 0 Å². The lowest BCUT2D eigenvalue weighted by atomic mass is 9.95. The quantitative estimate of drug-likeness (QED) is 0.0638. The van der Waals surface area contributed by atoms with Gasteiger partial charge in [-0.1, -0.05) is 0 Å². The lowest BCUT2D eigenvalue weighted by Gasteiger charge is -2.48. The molecular formula is C38H54O37. The molecule has 0 aromatic rings. The van der Waals surface area contributed by atoms with Gasteiger partial charge in [-0.25, -0.2) is 28.8 Å². The van der Waals surface area contributed by atoms with Gasteiger partial charge in [0.2, 0.25) is 0 Å². The highest BCUT2D eigenvalue weighted by atomic mass is 16.8. The fraction of sp³-hybridized carbons (Fsp3) is 0.842. The Hall–Kier alpha value is -4.18. The normalized spacial score (nSPS) is 48.5. The van der Waals surface area contributed by atoms with Crippen LogP contribution in [0.4, 0.5) is 0 Å². The summed E-state index contributed by atoms with van der Waals surface area (Å²) in [5, 5.41) is 190. The highest BCUT2D eigenvalue weighted by Crippen LogP contribution is 2.37. The summed E-state index contributed by atoms with van der Waals surface area (Å²) >= 11 is 0. The Morgan fingerprint density at radius 2 is 0.507 bits per heavy atom. The van der Waals surface area contributed by atoms with Crippen molar-refractivity contribution in [1.29, 1.82) is 0 Å². The monoisotopic (exact) mass is 1100 g/mol. The van der Waals surface area contributed by atoms with E-state index < -0.39 is 220 Å². The van der Waals surface area contributed by atoms with Crippen LogP contribution in [0.1, 0.15) is 0 Å². The van der Waals surface area contributed by atoms with E-state index in [-0.39, 0.29) is 0 Å². The third kappa shape index (κ3) is 12.0. The third-order valence-electron chi connectivity index (χ3n) is 12.6. The maximum atomic E-state index is 12.5. The average Bonchev–Trinajstić information content (AvgIpc) is 3.36. The second-order valence-electron chi connectivity index (χ2n) is 17.4. The number of carboxylic acids is 4. The number of hydrogen-bond acceptors (Lipinski definition) is 33. The van der Waals surface area contributed by atoms with Gasteiger partial charge >= 0.3 is 35.8 Å². The van der Waals surface area contributed by atoms with E-state index in [0.29, 0.717) is 0 Å². The number of ether oxygens (including phenoxy) is 13. The smallest absolute Gasteiger partial charge is 0.337 e. The number of esters is 2. The van der Waals surface area contributed by atoms with E-state index >= 15 is 0 Å². The molecule has 37 nitrogen and oxygen atoms in total.